The van der Waals surface area contributed by atoms with Crippen LogP contribution in [0.1, 0.15) is 15.9 Å². The number of carbonyl (C=O) groups excluding carboxylic acids is 1. The summed E-state index contributed by atoms with van der Waals surface area (Å²) in [7, 11) is 0. The highest BCUT2D eigenvalue weighted by molar-refractivity contribution is 9.10. The fourth-order valence-corrected chi connectivity index (χ4v) is 3.53. The molecule has 5 heteroatoms. The van der Waals surface area contributed by atoms with Gasteiger partial charge in [-0.3, -0.25) is 4.79 Å². The zero-order valence-electron chi connectivity index (χ0n) is 15.0. The van der Waals surface area contributed by atoms with Crippen LogP contribution in [0.4, 0.5) is 5.69 Å². The monoisotopic (exact) mass is 433 g/mol. The third-order valence-corrected chi connectivity index (χ3v) is 5.01. The molecule has 0 saturated heterocycles. The SMILES string of the molecule is Cc1cc(Br)ccc1NC(=O)c1cccc(-c2cc3ccccc3oc2=O)c1. The van der Waals surface area contributed by atoms with Gasteiger partial charge in [-0.15, -0.1) is 0 Å². The number of rotatable bonds is 3. The number of anilines is 1. The number of para-hydroxylation sites is 1. The first-order valence-electron chi connectivity index (χ1n) is 8.72. The Kier molecular flexibility index (Phi) is 4.84. The summed E-state index contributed by atoms with van der Waals surface area (Å²) in [6.45, 7) is 1.93. The van der Waals surface area contributed by atoms with Gasteiger partial charge in [-0.05, 0) is 60.5 Å². The van der Waals surface area contributed by atoms with Crippen LogP contribution in [-0.2, 0) is 0 Å². The Balaban J connectivity index is 1.69. The topological polar surface area (TPSA) is 59.3 Å². The maximum Gasteiger partial charge on any atom is 0.344 e. The van der Waals surface area contributed by atoms with Crippen molar-refractivity contribution in [2.45, 2.75) is 6.92 Å². The molecule has 138 valence electrons. The van der Waals surface area contributed by atoms with Gasteiger partial charge in [0.2, 0.25) is 0 Å². The van der Waals surface area contributed by atoms with Crippen LogP contribution < -0.4 is 10.9 Å². The standard InChI is InChI=1S/C23H16BrNO3/c1-14-11-18(24)9-10-20(14)25-22(26)17-7-4-6-15(12-17)19-13-16-5-2-3-8-21(16)28-23(19)27/h2-13H,1H3,(H,25,26). The third-order valence-electron chi connectivity index (χ3n) is 4.51. The average molecular weight is 434 g/mol. The van der Waals surface area contributed by atoms with E-state index in [1.807, 2.05) is 43.3 Å². The molecule has 4 rings (SSSR count). The molecule has 0 bridgehead atoms. The highest BCUT2D eigenvalue weighted by Gasteiger charge is 2.12. The Morgan fingerprint density at radius 3 is 2.61 bits per heavy atom. The maximum atomic E-state index is 12.7. The van der Waals surface area contributed by atoms with Gasteiger partial charge in [-0.1, -0.05) is 46.3 Å². The number of benzene rings is 3. The van der Waals surface area contributed by atoms with Crippen LogP contribution in [-0.4, -0.2) is 5.91 Å². The smallest absolute Gasteiger partial charge is 0.344 e. The Morgan fingerprint density at radius 2 is 1.79 bits per heavy atom. The van der Waals surface area contributed by atoms with Crippen LogP contribution in [0.25, 0.3) is 22.1 Å². The summed E-state index contributed by atoms with van der Waals surface area (Å²) in [4.78, 5) is 25.1. The van der Waals surface area contributed by atoms with Crippen molar-refractivity contribution in [1.29, 1.82) is 0 Å². The van der Waals surface area contributed by atoms with Crippen LogP contribution in [0.5, 0.6) is 0 Å². The van der Waals surface area contributed by atoms with Crippen LogP contribution in [0, 0.1) is 6.92 Å². The molecule has 0 aliphatic carbocycles. The van der Waals surface area contributed by atoms with Gasteiger partial charge in [0.15, 0.2) is 0 Å². The normalized spacial score (nSPS) is 10.8. The second-order valence-corrected chi connectivity index (χ2v) is 7.40. The molecule has 0 spiro atoms. The molecule has 0 radical (unpaired) electrons. The minimum atomic E-state index is -0.431. The number of nitrogens with one attached hydrogen (secondary N) is 1. The number of hydrogen-bond donors (Lipinski definition) is 1. The minimum absolute atomic E-state index is 0.238. The summed E-state index contributed by atoms with van der Waals surface area (Å²) in [5.74, 6) is -0.238. The fourth-order valence-electron chi connectivity index (χ4n) is 3.05. The predicted molar refractivity (Wildman–Crippen MR) is 115 cm³/mol. The van der Waals surface area contributed by atoms with Crippen molar-refractivity contribution >= 4 is 38.5 Å². The zero-order valence-corrected chi connectivity index (χ0v) is 16.6. The van der Waals surface area contributed by atoms with E-state index in [0.29, 0.717) is 22.3 Å². The van der Waals surface area contributed by atoms with Gasteiger partial charge in [0.25, 0.3) is 5.91 Å². The van der Waals surface area contributed by atoms with E-state index < -0.39 is 5.63 Å². The lowest BCUT2D eigenvalue weighted by Gasteiger charge is -2.10. The summed E-state index contributed by atoms with van der Waals surface area (Å²) in [5.41, 5.74) is 3.33. The lowest BCUT2D eigenvalue weighted by atomic mass is 10.0. The van der Waals surface area contributed by atoms with Gasteiger partial charge in [-0.2, -0.15) is 0 Å². The number of halogens is 1. The summed E-state index contributed by atoms with van der Waals surface area (Å²) in [5, 5.41) is 3.75. The van der Waals surface area contributed by atoms with Crippen molar-refractivity contribution in [3.63, 3.8) is 0 Å². The van der Waals surface area contributed by atoms with Gasteiger partial charge in [0, 0.05) is 21.1 Å². The molecule has 1 N–H and O–H groups in total. The predicted octanol–water partition coefficient (Wildman–Crippen LogP) is 5.78. The first-order chi connectivity index (χ1) is 13.5. The summed E-state index contributed by atoms with van der Waals surface area (Å²) < 4.78 is 6.36. The molecule has 1 heterocycles. The number of aryl methyl sites for hydroxylation is 1. The van der Waals surface area contributed by atoms with E-state index in [1.54, 1.807) is 36.4 Å². The minimum Gasteiger partial charge on any atom is -0.422 e. The third kappa shape index (κ3) is 3.62. The van der Waals surface area contributed by atoms with Crippen LogP contribution in [0.2, 0.25) is 0 Å². The lowest BCUT2D eigenvalue weighted by Crippen LogP contribution is -2.13. The van der Waals surface area contributed by atoms with Gasteiger partial charge in [0.05, 0.1) is 5.56 Å². The Hall–Kier alpha value is -3.18. The number of hydrogen-bond acceptors (Lipinski definition) is 3. The maximum absolute atomic E-state index is 12.7. The van der Waals surface area contributed by atoms with Crippen LogP contribution in [0.3, 0.4) is 0 Å². The highest BCUT2D eigenvalue weighted by Crippen LogP contribution is 2.24. The average Bonchev–Trinajstić information content (AvgIpc) is 2.69. The molecule has 0 aliphatic rings. The van der Waals surface area contributed by atoms with Crippen molar-refractivity contribution < 1.29 is 9.21 Å². The molecule has 3 aromatic carbocycles. The quantitative estimate of drug-likeness (QED) is 0.416. The van der Waals surface area contributed by atoms with Crippen LogP contribution in [0.15, 0.2) is 86.5 Å². The van der Waals surface area contributed by atoms with Gasteiger partial charge in [-0.25, -0.2) is 4.79 Å². The van der Waals surface area contributed by atoms with Crippen molar-refractivity contribution in [1.82, 2.24) is 0 Å². The van der Waals surface area contributed by atoms with Gasteiger partial charge in [0.1, 0.15) is 5.58 Å². The van der Waals surface area contributed by atoms with E-state index in [-0.39, 0.29) is 5.91 Å². The van der Waals surface area contributed by atoms with Crippen molar-refractivity contribution in [3.05, 3.63) is 98.8 Å². The van der Waals surface area contributed by atoms with Gasteiger partial charge < -0.3 is 9.73 Å². The second kappa shape index (κ2) is 7.44. The van der Waals surface area contributed by atoms with Crippen molar-refractivity contribution in [2.24, 2.45) is 0 Å². The second-order valence-electron chi connectivity index (χ2n) is 6.48. The number of amides is 1. The lowest BCUT2D eigenvalue weighted by molar-refractivity contribution is 0.102. The molecule has 0 unspecified atom stereocenters. The molecule has 0 aliphatic heterocycles. The van der Waals surface area contributed by atoms with E-state index >= 15 is 0 Å². The first-order valence-corrected chi connectivity index (χ1v) is 9.51. The van der Waals surface area contributed by atoms with Gasteiger partial charge >= 0.3 is 5.63 Å². The number of carbonyl (C=O) groups is 1. The molecular formula is C23H16BrNO3. The summed E-state index contributed by atoms with van der Waals surface area (Å²) >= 11 is 3.42. The van der Waals surface area contributed by atoms with Crippen LogP contribution >= 0.6 is 15.9 Å². The molecule has 0 fully saturated rings. The largest absolute Gasteiger partial charge is 0.422 e. The molecular weight excluding hydrogens is 418 g/mol. The summed E-state index contributed by atoms with van der Waals surface area (Å²) in [6.07, 6.45) is 0. The molecule has 28 heavy (non-hydrogen) atoms. The molecule has 4 aromatic rings. The highest BCUT2D eigenvalue weighted by atomic mass is 79.9. The fraction of sp³-hybridized carbons (Fsp3) is 0.0435. The van der Waals surface area contributed by atoms with E-state index in [2.05, 4.69) is 21.2 Å². The first kappa shape index (κ1) is 18.2. The molecule has 1 aromatic heterocycles. The molecule has 4 nitrogen and oxygen atoms in total. The van der Waals surface area contributed by atoms with E-state index in [1.165, 1.54) is 0 Å². The number of fused-ring (bicyclic) bond motifs is 1. The van der Waals surface area contributed by atoms with Crippen molar-refractivity contribution in [2.75, 3.05) is 5.32 Å². The molecule has 0 saturated carbocycles. The Labute approximate surface area is 170 Å². The molecule has 1 amide bonds. The Bertz CT molecular complexity index is 1260. The van der Waals surface area contributed by atoms with E-state index in [0.717, 1.165) is 21.1 Å². The Morgan fingerprint density at radius 1 is 0.964 bits per heavy atom. The van der Waals surface area contributed by atoms with E-state index in [9.17, 15) is 9.59 Å². The van der Waals surface area contributed by atoms with E-state index in [4.69, 9.17) is 4.42 Å². The zero-order chi connectivity index (χ0) is 19.7. The van der Waals surface area contributed by atoms with Crippen molar-refractivity contribution in [3.8, 4) is 11.1 Å². The molecule has 0 atom stereocenters. The summed E-state index contributed by atoms with van der Waals surface area (Å²) in [6, 6.07) is 21.8.